The Hall–Kier alpha value is -3.07. The van der Waals surface area contributed by atoms with E-state index in [0.29, 0.717) is 30.4 Å². The van der Waals surface area contributed by atoms with E-state index < -0.39 is 23.3 Å². The largest absolute Gasteiger partial charge is 0.497 e. The Morgan fingerprint density at radius 1 is 0.943 bits per heavy atom. The molecule has 7 nitrogen and oxygen atoms in total. The molecule has 9 heteroatoms. The Balaban J connectivity index is 1.79. The highest BCUT2D eigenvalue weighted by molar-refractivity contribution is 5.68. The predicted octanol–water partition coefficient (Wildman–Crippen LogP) is 5.73. The lowest BCUT2D eigenvalue weighted by atomic mass is 10.1. The van der Waals surface area contributed by atoms with E-state index in [-0.39, 0.29) is 6.61 Å². The zero-order chi connectivity index (χ0) is 26.1. The van der Waals surface area contributed by atoms with Crippen LogP contribution in [-0.4, -0.2) is 49.0 Å². The molecule has 2 rings (SSSR count). The molecule has 0 spiro atoms. The summed E-state index contributed by atoms with van der Waals surface area (Å²) in [7, 11) is 3.12. The first-order chi connectivity index (χ1) is 16.5. The smallest absolute Gasteiger partial charge is 0.410 e. The van der Waals surface area contributed by atoms with Gasteiger partial charge in [0.1, 0.15) is 23.9 Å². The second-order valence-electron chi connectivity index (χ2n) is 9.03. The van der Waals surface area contributed by atoms with Gasteiger partial charge in [-0.25, -0.2) is 4.79 Å². The van der Waals surface area contributed by atoms with Crippen molar-refractivity contribution in [2.45, 2.75) is 58.3 Å². The fourth-order valence-electron chi connectivity index (χ4n) is 3.38. The highest BCUT2D eigenvalue weighted by atomic mass is 19.3. The zero-order valence-corrected chi connectivity index (χ0v) is 21.0. The molecule has 0 heterocycles. The summed E-state index contributed by atoms with van der Waals surface area (Å²) in [6, 6.07) is 10.4. The first-order valence-corrected chi connectivity index (χ1v) is 11.4. The van der Waals surface area contributed by atoms with Gasteiger partial charge in [-0.2, -0.15) is 8.78 Å². The van der Waals surface area contributed by atoms with Crippen molar-refractivity contribution in [1.82, 2.24) is 4.90 Å². The number of ether oxygens (including phenoxy) is 4. The van der Waals surface area contributed by atoms with Gasteiger partial charge in [-0.05, 0) is 76.4 Å². The third-order valence-corrected chi connectivity index (χ3v) is 5.37. The first kappa shape index (κ1) is 28.2. The average molecular weight is 496 g/mol. The maximum atomic E-state index is 12.8. The number of carbonyl (C=O) groups excluding carboxylic acids is 1. The van der Waals surface area contributed by atoms with Crippen LogP contribution in [0.5, 0.6) is 17.2 Å². The molecule has 0 radical (unpaired) electrons. The van der Waals surface area contributed by atoms with Crippen molar-refractivity contribution >= 4 is 6.09 Å². The van der Waals surface area contributed by atoms with Crippen LogP contribution in [0.3, 0.4) is 0 Å². The fraction of sp³-hybridized carbons (Fsp3) is 0.500. The summed E-state index contributed by atoms with van der Waals surface area (Å²) >= 11 is 0. The minimum atomic E-state index is -3.86. The minimum absolute atomic E-state index is 0.0768. The lowest BCUT2D eigenvalue weighted by molar-refractivity contribution is -0.208. The van der Waals surface area contributed by atoms with Crippen LogP contribution in [0.2, 0.25) is 0 Å². The number of nitrogens with zero attached hydrogens (tertiary/aromatic N) is 1. The number of benzene rings is 2. The number of rotatable bonds is 12. The highest BCUT2D eigenvalue weighted by Gasteiger charge is 2.28. The molecule has 0 aromatic heterocycles. The average Bonchev–Trinajstić information content (AvgIpc) is 2.80. The Bertz CT molecular complexity index is 938. The van der Waals surface area contributed by atoms with E-state index >= 15 is 0 Å². The number of amides is 1. The number of carbonyl (C=O) groups is 1. The van der Waals surface area contributed by atoms with Crippen LogP contribution < -0.4 is 14.2 Å². The molecule has 0 aliphatic carbocycles. The Morgan fingerprint density at radius 2 is 1.60 bits per heavy atom. The SMILES string of the molecule is COc1ccc(COC(=O)N(CCCCCOc2ccc(C(O)(F)F)cc2)C(C)(C)C)c(OC)c1. The molecule has 0 fully saturated rings. The molecule has 2 aromatic rings. The van der Waals surface area contributed by atoms with Gasteiger partial charge in [0.2, 0.25) is 0 Å². The maximum absolute atomic E-state index is 12.8. The van der Waals surface area contributed by atoms with Crippen LogP contribution in [0.1, 0.15) is 51.2 Å². The van der Waals surface area contributed by atoms with Crippen LogP contribution >= 0.6 is 0 Å². The fourth-order valence-corrected chi connectivity index (χ4v) is 3.38. The Morgan fingerprint density at radius 3 is 2.17 bits per heavy atom. The summed E-state index contributed by atoms with van der Waals surface area (Å²) in [5.74, 6) is 1.69. The standard InChI is InChI=1S/C26H35F2NO6/c1-25(2,3)29(24(30)35-18-19-9-12-22(32-4)17-23(19)33-5)15-7-6-8-16-34-21-13-10-20(11-14-21)26(27,28)31/h9-14,17,31H,6-8,15-16,18H2,1-5H3. The van der Waals surface area contributed by atoms with Crippen molar-refractivity contribution in [3.05, 3.63) is 53.6 Å². The summed E-state index contributed by atoms with van der Waals surface area (Å²) in [5, 5.41) is 8.71. The molecule has 0 atom stereocenters. The maximum Gasteiger partial charge on any atom is 0.410 e. The number of halogens is 2. The summed E-state index contributed by atoms with van der Waals surface area (Å²) in [6.45, 7) is 6.85. The van der Waals surface area contributed by atoms with Gasteiger partial charge < -0.3 is 29.0 Å². The van der Waals surface area contributed by atoms with Crippen LogP contribution in [0.15, 0.2) is 42.5 Å². The van der Waals surface area contributed by atoms with Crippen molar-refractivity contribution in [3.63, 3.8) is 0 Å². The molecule has 2 aromatic carbocycles. The molecule has 0 bridgehead atoms. The lowest BCUT2D eigenvalue weighted by Gasteiger charge is -2.34. The van der Waals surface area contributed by atoms with E-state index in [1.54, 1.807) is 37.3 Å². The van der Waals surface area contributed by atoms with E-state index in [4.69, 9.17) is 24.1 Å². The molecule has 0 unspecified atom stereocenters. The number of alkyl halides is 2. The quantitative estimate of drug-likeness (QED) is 0.379. The molecule has 0 saturated heterocycles. The third kappa shape index (κ3) is 8.90. The van der Waals surface area contributed by atoms with E-state index in [9.17, 15) is 13.6 Å². The molecule has 1 amide bonds. The lowest BCUT2D eigenvalue weighted by Crippen LogP contribution is -2.46. The van der Waals surface area contributed by atoms with Gasteiger partial charge in [0.15, 0.2) is 0 Å². The van der Waals surface area contributed by atoms with Gasteiger partial charge in [-0.15, -0.1) is 0 Å². The summed E-state index contributed by atoms with van der Waals surface area (Å²) in [4.78, 5) is 14.5. The summed E-state index contributed by atoms with van der Waals surface area (Å²) < 4.78 is 47.4. The molecule has 194 valence electrons. The van der Waals surface area contributed by atoms with E-state index in [1.807, 2.05) is 20.8 Å². The molecular formula is C26H35F2NO6. The molecular weight excluding hydrogens is 460 g/mol. The van der Waals surface area contributed by atoms with Gasteiger partial charge in [0, 0.05) is 23.7 Å². The molecule has 0 saturated carbocycles. The van der Waals surface area contributed by atoms with Crippen molar-refractivity contribution < 1.29 is 37.6 Å². The highest BCUT2D eigenvalue weighted by Crippen LogP contribution is 2.27. The monoisotopic (exact) mass is 495 g/mol. The molecule has 1 N–H and O–H groups in total. The normalized spacial score (nSPS) is 11.7. The predicted molar refractivity (Wildman–Crippen MR) is 128 cm³/mol. The molecule has 35 heavy (non-hydrogen) atoms. The van der Waals surface area contributed by atoms with Crippen molar-refractivity contribution in [3.8, 4) is 17.2 Å². The number of aliphatic hydroxyl groups is 1. The minimum Gasteiger partial charge on any atom is -0.497 e. The van der Waals surface area contributed by atoms with Crippen LogP contribution in [-0.2, 0) is 17.5 Å². The van der Waals surface area contributed by atoms with Gasteiger partial charge in [0.05, 0.1) is 26.4 Å². The Kier molecular flexibility index (Phi) is 10.1. The van der Waals surface area contributed by atoms with E-state index in [1.165, 1.54) is 12.1 Å². The topological polar surface area (TPSA) is 77.5 Å². The van der Waals surface area contributed by atoms with Crippen molar-refractivity contribution in [2.75, 3.05) is 27.4 Å². The number of methoxy groups -OCH3 is 2. The number of unbranched alkanes of at least 4 members (excludes halogenated alkanes) is 2. The number of hydrogen-bond acceptors (Lipinski definition) is 6. The Labute approximate surface area is 205 Å². The van der Waals surface area contributed by atoms with Gasteiger partial charge in [0.25, 0.3) is 0 Å². The van der Waals surface area contributed by atoms with Gasteiger partial charge >= 0.3 is 12.2 Å². The van der Waals surface area contributed by atoms with E-state index in [0.717, 1.165) is 37.0 Å². The van der Waals surface area contributed by atoms with Crippen LogP contribution in [0, 0.1) is 0 Å². The van der Waals surface area contributed by atoms with Crippen molar-refractivity contribution in [2.24, 2.45) is 0 Å². The second kappa shape index (κ2) is 12.6. The van der Waals surface area contributed by atoms with Gasteiger partial charge in [-0.3, -0.25) is 0 Å². The molecule has 0 aliphatic rings. The number of hydrogen-bond donors (Lipinski definition) is 1. The van der Waals surface area contributed by atoms with Crippen LogP contribution in [0.4, 0.5) is 13.6 Å². The summed E-state index contributed by atoms with van der Waals surface area (Å²) in [6.07, 6.45) is -1.99. The summed E-state index contributed by atoms with van der Waals surface area (Å²) in [5.41, 5.74) is -0.165. The van der Waals surface area contributed by atoms with Crippen LogP contribution in [0.25, 0.3) is 0 Å². The second-order valence-corrected chi connectivity index (χ2v) is 9.03. The van der Waals surface area contributed by atoms with Gasteiger partial charge in [-0.1, -0.05) is 0 Å². The zero-order valence-electron chi connectivity index (χ0n) is 21.0. The third-order valence-electron chi connectivity index (χ3n) is 5.37. The first-order valence-electron chi connectivity index (χ1n) is 11.4. The molecule has 0 aliphatic heterocycles. The van der Waals surface area contributed by atoms with E-state index in [2.05, 4.69) is 0 Å². The van der Waals surface area contributed by atoms with Crippen molar-refractivity contribution in [1.29, 1.82) is 0 Å².